The molecule has 5 heteroatoms. The summed E-state index contributed by atoms with van der Waals surface area (Å²) in [5.74, 6) is -0.558. The lowest BCUT2D eigenvalue weighted by Gasteiger charge is -2.13. The maximum atomic E-state index is 10.9. The molecule has 1 aliphatic heterocycles. The van der Waals surface area contributed by atoms with Crippen LogP contribution in [-0.4, -0.2) is 16.5 Å². The van der Waals surface area contributed by atoms with Crippen molar-refractivity contribution < 1.29 is 9.72 Å². The standard InChI is InChI=1S/C9H6N2O3/c12-9-4-1-6-5-7(11(13)14)2-3-8(6)10-9/h1-6H. The molecular weight excluding hydrogens is 184 g/mol. The van der Waals surface area contributed by atoms with E-state index in [-0.39, 0.29) is 17.5 Å². The third-order valence-corrected chi connectivity index (χ3v) is 2.01. The van der Waals surface area contributed by atoms with E-state index in [1.54, 1.807) is 6.08 Å². The number of hydrogen-bond acceptors (Lipinski definition) is 3. The van der Waals surface area contributed by atoms with Crippen molar-refractivity contribution in [1.29, 1.82) is 0 Å². The van der Waals surface area contributed by atoms with E-state index in [2.05, 4.69) is 4.99 Å². The van der Waals surface area contributed by atoms with Gasteiger partial charge in [-0.3, -0.25) is 14.9 Å². The van der Waals surface area contributed by atoms with Crippen LogP contribution in [0.25, 0.3) is 0 Å². The molecule has 2 aliphatic rings. The fourth-order valence-electron chi connectivity index (χ4n) is 1.34. The summed E-state index contributed by atoms with van der Waals surface area (Å²) in [7, 11) is 0. The van der Waals surface area contributed by atoms with E-state index in [0.717, 1.165) is 0 Å². The average molecular weight is 190 g/mol. The molecule has 0 N–H and O–H groups in total. The highest BCUT2D eigenvalue weighted by molar-refractivity contribution is 6.11. The normalized spacial score (nSPS) is 24.0. The highest BCUT2D eigenvalue weighted by Gasteiger charge is 2.22. The minimum absolute atomic E-state index is 0.0351. The molecule has 2 rings (SSSR count). The predicted octanol–water partition coefficient (Wildman–Crippen LogP) is 0.870. The monoisotopic (exact) mass is 190 g/mol. The number of hydrogen-bond donors (Lipinski definition) is 0. The number of dihydropyridines is 1. The molecule has 0 aromatic rings. The SMILES string of the molecule is O=C1C=CC2C=C([N+](=O)[O-])C=CC2=N1. The molecule has 1 amide bonds. The van der Waals surface area contributed by atoms with E-state index >= 15 is 0 Å². The summed E-state index contributed by atoms with van der Waals surface area (Å²) >= 11 is 0. The number of carbonyl (C=O) groups is 1. The van der Waals surface area contributed by atoms with Gasteiger partial charge in [-0.2, -0.15) is 0 Å². The smallest absolute Gasteiger partial charge is 0.267 e. The van der Waals surface area contributed by atoms with Crippen LogP contribution >= 0.6 is 0 Å². The molecular formula is C9H6N2O3. The van der Waals surface area contributed by atoms with Gasteiger partial charge in [-0.1, -0.05) is 6.08 Å². The molecule has 1 atom stereocenters. The van der Waals surface area contributed by atoms with Crippen LogP contribution in [-0.2, 0) is 4.79 Å². The highest BCUT2D eigenvalue weighted by Crippen LogP contribution is 2.19. The van der Waals surface area contributed by atoms with Crippen LogP contribution in [0.1, 0.15) is 0 Å². The number of amides is 1. The van der Waals surface area contributed by atoms with E-state index < -0.39 is 4.92 Å². The van der Waals surface area contributed by atoms with Crippen molar-refractivity contribution in [3.05, 3.63) is 46.2 Å². The van der Waals surface area contributed by atoms with Crippen LogP contribution in [0.5, 0.6) is 0 Å². The van der Waals surface area contributed by atoms with Crippen molar-refractivity contribution in [3.8, 4) is 0 Å². The first kappa shape index (κ1) is 8.55. The van der Waals surface area contributed by atoms with Crippen LogP contribution in [0.2, 0.25) is 0 Å². The third-order valence-electron chi connectivity index (χ3n) is 2.01. The van der Waals surface area contributed by atoms with Gasteiger partial charge in [0.15, 0.2) is 0 Å². The van der Waals surface area contributed by atoms with Crippen LogP contribution in [0, 0.1) is 16.0 Å². The molecule has 0 saturated carbocycles. The average Bonchev–Trinajstić information content (AvgIpc) is 2.16. The molecule has 0 bridgehead atoms. The quantitative estimate of drug-likeness (QED) is 0.455. The van der Waals surface area contributed by atoms with E-state index in [0.29, 0.717) is 5.71 Å². The zero-order valence-electron chi connectivity index (χ0n) is 7.08. The van der Waals surface area contributed by atoms with Gasteiger partial charge in [0.2, 0.25) is 0 Å². The number of nitro groups is 1. The summed E-state index contributed by atoms with van der Waals surface area (Å²) in [6.07, 6.45) is 7.26. The second-order valence-corrected chi connectivity index (χ2v) is 2.94. The molecule has 70 valence electrons. The molecule has 0 fully saturated rings. The zero-order valence-corrected chi connectivity index (χ0v) is 7.08. The Hall–Kier alpha value is -2.04. The van der Waals surface area contributed by atoms with Gasteiger partial charge in [-0.05, 0) is 6.08 Å². The fraction of sp³-hybridized carbons (Fsp3) is 0.111. The van der Waals surface area contributed by atoms with Crippen molar-refractivity contribution in [2.45, 2.75) is 0 Å². The Kier molecular flexibility index (Phi) is 1.85. The Morgan fingerprint density at radius 2 is 2.14 bits per heavy atom. The lowest BCUT2D eigenvalue weighted by molar-refractivity contribution is -0.419. The summed E-state index contributed by atoms with van der Waals surface area (Å²) in [4.78, 5) is 24.6. The van der Waals surface area contributed by atoms with Gasteiger partial charge in [0.05, 0.1) is 10.6 Å². The Bertz CT molecular complexity index is 429. The van der Waals surface area contributed by atoms with Gasteiger partial charge >= 0.3 is 0 Å². The van der Waals surface area contributed by atoms with Gasteiger partial charge in [-0.15, -0.1) is 0 Å². The lowest BCUT2D eigenvalue weighted by atomic mass is 9.95. The molecule has 0 spiro atoms. The van der Waals surface area contributed by atoms with Gasteiger partial charge in [0, 0.05) is 24.1 Å². The van der Waals surface area contributed by atoms with Gasteiger partial charge in [-0.25, -0.2) is 4.99 Å². The number of allylic oxidation sites excluding steroid dienone is 4. The third kappa shape index (κ3) is 1.39. The van der Waals surface area contributed by atoms with Crippen LogP contribution in [0.3, 0.4) is 0 Å². The van der Waals surface area contributed by atoms with E-state index in [1.165, 1.54) is 24.3 Å². The maximum absolute atomic E-state index is 10.9. The van der Waals surface area contributed by atoms with E-state index in [4.69, 9.17) is 0 Å². The van der Waals surface area contributed by atoms with Crippen LogP contribution in [0.4, 0.5) is 0 Å². The summed E-state index contributed by atoms with van der Waals surface area (Å²) in [5, 5.41) is 10.4. The molecule has 5 nitrogen and oxygen atoms in total. The second kappa shape index (κ2) is 3.02. The van der Waals surface area contributed by atoms with Crippen molar-refractivity contribution in [2.75, 3.05) is 0 Å². The second-order valence-electron chi connectivity index (χ2n) is 2.94. The summed E-state index contributed by atoms with van der Waals surface area (Å²) in [6.45, 7) is 0. The summed E-state index contributed by atoms with van der Waals surface area (Å²) in [6, 6.07) is 0. The molecule has 14 heavy (non-hydrogen) atoms. The molecule has 0 saturated heterocycles. The number of rotatable bonds is 1. The number of nitrogens with zero attached hydrogens (tertiary/aromatic N) is 2. The van der Waals surface area contributed by atoms with Crippen molar-refractivity contribution in [3.63, 3.8) is 0 Å². The molecule has 1 unspecified atom stereocenters. The van der Waals surface area contributed by atoms with Crippen molar-refractivity contribution in [2.24, 2.45) is 10.9 Å². The van der Waals surface area contributed by atoms with E-state index in [9.17, 15) is 14.9 Å². The summed E-state index contributed by atoms with van der Waals surface area (Å²) < 4.78 is 0. The minimum Gasteiger partial charge on any atom is -0.267 e. The fourth-order valence-corrected chi connectivity index (χ4v) is 1.34. The first-order valence-electron chi connectivity index (χ1n) is 4.02. The Morgan fingerprint density at radius 1 is 1.36 bits per heavy atom. The van der Waals surface area contributed by atoms with Crippen molar-refractivity contribution >= 4 is 11.6 Å². The highest BCUT2D eigenvalue weighted by atomic mass is 16.6. The number of carbonyl (C=O) groups excluding carboxylic acids is 1. The topological polar surface area (TPSA) is 72.6 Å². The Balaban J connectivity index is 2.35. The predicted molar refractivity (Wildman–Crippen MR) is 49.3 cm³/mol. The van der Waals surface area contributed by atoms with Crippen LogP contribution in [0.15, 0.2) is 41.1 Å². The summed E-state index contributed by atoms with van der Waals surface area (Å²) in [5.41, 5.74) is 0.594. The molecule has 0 radical (unpaired) electrons. The Morgan fingerprint density at radius 3 is 2.86 bits per heavy atom. The first-order chi connectivity index (χ1) is 6.66. The largest absolute Gasteiger partial charge is 0.269 e. The zero-order chi connectivity index (χ0) is 10.1. The minimum atomic E-state index is -0.461. The Labute approximate surface area is 79.3 Å². The number of aliphatic imine (C=N–C) groups is 1. The van der Waals surface area contributed by atoms with Gasteiger partial charge < -0.3 is 0 Å². The number of fused-ring (bicyclic) bond motifs is 1. The van der Waals surface area contributed by atoms with Gasteiger partial charge in [0.25, 0.3) is 11.6 Å². The molecule has 0 aromatic carbocycles. The van der Waals surface area contributed by atoms with Crippen LogP contribution < -0.4 is 0 Å². The van der Waals surface area contributed by atoms with Crippen molar-refractivity contribution in [1.82, 2.24) is 0 Å². The molecule has 1 heterocycles. The van der Waals surface area contributed by atoms with E-state index in [1.807, 2.05) is 0 Å². The molecule has 1 aliphatic carbocycles. The molecule has 0 aromatic heterocycles. The first-order valence-corrected chi connectivity index (χ1v) is 4.02. The van der Waals surface area contributed by atoms with Gasteiger partial charge in [0.1, 0.15) is 0 Å². The lowest BCUT2D eigenvalue weighted by Crippen LogP contribution is -2.18. The maximum Gasteiger partial charge on any atom is 0.269 e.